The van der Waals surface area contributed by atoms with Crippen LogP contribution in [-0.4, -0.2) is 37.6 Å². The molecule has 0 spiro atoms. The van der Waals surface area contributed by atoms with Crippen molar-refractivity contribution in [2.45, 2.75) is 51.5 Å². The standard InChI is InChI=1S/C25H32FNO3/c1-18(15-20-7-6-8-21(26)16-20)25(28)27-14-5-4-9-22(27)12-10-19-11-13-23(29-2)24(17-19)30-3/h6-8,11,13,16-18,22H,4-5,9-10,12,14-15H2,1-3H3. The average molecular weight is 414 g/mol. The Labute approximate surface area is 179 Å². The number of nitrogens with zero attached hydrogens (tertiary/aromatic N) is 1. The van der Waals surface area contributed by atoms with Gasteiger partial charge in [-0.25, -0.2) is 4.39 Å². The molecule has 2 aromatic carbocycles. The lowest BCUT2D eigenvalue weighted by molar-refractivity contribution is -0.138. The first-order valence-corrected chi connectivity index (χ1v) is 10.8. The first-order chi connectivity index (χ1) is 14.5. The summed E-state index contributed by atoms with van der Waals surface area (Å²) in [4.78, 5) is 15.3. The second-order valence-corrected chi connectivity index (χ2v) is 8.14. The van der Waals surface area contributed by atoms with Gasteiger partial charge in [0.1, 0.15) is 5.82 Å². The van der Waals surface area contributed by atoms with Gasteiger partial charge in [-0.3, -0.25) is 4.79 Å². The van der Waals surface area contributed by atoms with Crippen molar-refractivity contribution in [3.63, 3.8) is 0 Å². The Morgan fingerprint density at radius 2 is 1.90 bits per heavy atom. The monoisotopic (exact) mass is 413 g/mol. The first-order valence-electron chi connectivity index (χ1n) is 10.8. The van der Waals surface area contributed by atoms with Gasteiger partial charge >= 0.3 is 0 Å². The third kappa shape index (κ3) is 5.53. The molecule has 0 N–H and O–H groups in total. The summed E-state index contributed by atoms with van der Waals surface area (Å²) in [6.45, 7) is 2.76. The molecule has 2 unspecified atom stereocenters. The second kappa shape index (κ2) is 10.5. The highest BCUT2D eigenvalue weighted by molar-refractivity contribution is 5.79. The Bertz CT molecular complexity index is 854. The number of ether oxygens (including phenoxy) is 2. The van der Waals surface area contributed by atoms with Gasteiger partial charge in [-0.15, -0.1) is 0 Å². The lowest BCUT2D eigenvalue weighted by Crippen LogP contribution is -2.46. The maximum absolute atomic E-state index is 13.5. The molecule has 1 fully saturated rings. The molecule has 162 valence electrons. The molecule has 1 saturated heterocycles. The Balaban J connectivity index is 1.63. The van der Waals surface area contributed by atoms with Gasteiger partial charge in [-0.1, -0.05) is 25.1 Å². The molecule has 2 aromatic rings. The Kier molecular flexibility index (Phi) is 7.72. The van der Waals surface area contributed by atoms with E-state index in [1.165, 1.54) is 17.7 Å². The topological polar surface area (TPSA) is 38.8 Å². The van der Waals surface area contributed by atoms with Gasteiger partial charge in [0.25, 0.3) is 0 Å². The van der Waals surface area contributed by atoms with Gasteiger partial charge in [0.05, 0.1) is 14.2 Å². The van der Waals surface area contributed by atoms with Crippen LogP contribution in [0.5, 0.6) is 11.5 Å². The minimum atomic E-state index is -0.252. The molecule has 2 atom stereocenters. The van der Waals surface area contributed by atoms with E-state index in [0.29, 0.717) is 6.42 Å². The van der Waals surface area contributed by atoms with Gasteiger partial charge in [0, 0.05) is 18.5 Å². The molecule has 0 aromatic heterocycles. The van der Waals surface area contributed by atoms with Gasteiger partial charge in [0.15, 0.2) is 11.5 Å². The zero-order valence-electron chi connectivity index (χ0n) is 18.2. The fourth-order valence-electron chi connectivity index (χ4n) is 4.35. The van der Waals surface area contributed by atoms with Crippen LogP contribution in [0, 0.1) is 11.7 Å². The highest BCUT2D eigenvalue weighted by Crippen LogP contribution is 2.29. The third-order valence-corrected chi connectivity index (χ3v) is 5.98. The molecule has 0 radical (unpaired) electrons. The summed E-state index contributed by atoms with van der Waals surface area (Å²) in [5.74, 6) is 1.22. The summed E-state index contributed by atoms with van der Waals surface area (Å²) in [6, 6.07) is 12.8. The van der Waals surface area contributed by atoms with Crippen molar-refractivity contribution in [1.29, 1.82) is 0 Å². The van der Waals surface area contributed by atoms with Crippen LogP contribution < -0.4 is 9.47 Å². The summed E-state index contributed by atoms with van der Waals surface area (Å²) in [5.41, 5.74) is 2.05. The Morgan fingerprint density at radius 1 is 1.10 bits per heavy atom. The summed E-state index contributed by atoms with van der Waals surface area (Å²) in [6.07, 6.45) is 5.60. The molecule has 0 saturated carbocycles. The number of aryl methyl sites for hydroxylation is 1. The number of benzene rings is 2. The van der Waals surface area contributed by atoms with Crippen LogP contribution in [0.3, 0.4) is 0 Å². The molecule has 0 bridgehead atoms. The maximum atomic E-state index is 13.5. The Hall–Kier alpha value is -2.56. The largest absolute Gasteiger partial charge is 0.493 e. The van der Waals surface area contributed by atoms with Crippen molar-refractivity contribution < 1.29 is 18.7 Å². The fraction of sp³-hybridized carbons (Fsp3) is 0.480. The number of methoxy groups -OCH3 is 2. The molecule has 0 aliphatic carbocycles. The predicted molar refractivity (Wildman–Crippen MR) is 116 cm³/mol. The third-order valence-electron chi connectivity index (χ3n) is 5.98. The first kappa shape index (κ1) is 22.1. The van der Waals surface area contributed by atoms with Crippen LogP contribution in [0.1, 0.15) is 43.7 Å². The van der Waals surface area contributed by atoms with Crippen molar-refractivity contribution in [2.24, 2.45) is 5.92 Å². The van der Waals surface area contributed by atoms with Crippen molar-refractivity contribution in [3.8, 4) is 11.5 Å². The van der Waals surface area contributed by atoms with E-state index in [2.05, 4.69) is 11.0 Å². The molecule has 1 amide bonds. The smallest absolute Gasteiger partial charge is 0.225 e. The Morgan fingerprint density at radius 3 is 2.63 bits per heavy atom. The van der Waals surface area contributed by atoms with E-state index in [1.807, 2.05) is 25.1 Å². The number of likely N-dealkylation sites (tertiary alicyclic amines) is 1. The number of halogens is 1. The molecular formula is C25H32FNO3. The van der Waals surface area contributed by atoms with E-state index < -0.39 is 0 Å². The van der Waals surface area contributed by atoms with Crippen LogP contribution >= 0.6 is 0 Å². The minimum Gasteiger partial charge on any atom is -0.493 e. The quantitative estimate of drug-likeness (QED) is 0.609. The van der Waals surface area contributed by atoms with E-state index in [4.69, 9.17) is 9.47 Å². The molecule has 5 heteroatoms. The van der Waals surface area contributed by atoms with Gasteiger partial charge in [-0.05, 0) is 73.9 Å². The van der Waals surface area contributed by atoms with Crippen molar-refractivity contribution in [1.82, 2.24) is 4.90 Å². The van der Waals surface area contributed by atoms with E-state index in [9.17, 15) is 9.18 Å². The number of rotatable bonds is 8. The van der Waals surface area contributed by atoms with Crippen LogP contribution in [0.15, 0.2) is 42.5 Å². The molecule has 4 nitrogen and oxygen atoms in total. The molecule has 30 heavy (non-hydrogen) atoms. The van der Waals surface area contributed by atoms with E-state index in [1.54, 1.807) is 20.3 Å². The van der Waals surface area contributed by atoms with Crippen LogP contribution in [0.2, 0.25) is 0 Å². The van der Waals surface area contributed by atoms with Crippen LogP contribution in [0.25, 0.3) is 0 Å². The van der Waals surface area contributed by atoms with Crippen LogP contribution in [0.4, 0.5) is 4.39 Å². The van der Waals surface area contributed by atoms with Crippen LogP contribution in [-0.2, 0) is 17.6 Å². The van der Waals surface area contributed by atoms with E-state index >= 15 is 0 Å². The van der Waals surface area contributed by atoms with Crippen molar-refractivity contribution >= 4 is 5.91 Å². The van der Waals surface area contributed by atoms with E-state index in [-0.39, 0.29) is 23.7 Å². The second-order valence-electron chi connectivity index (χ2n) is 8.14. The number of carbonyl (C=O) groups is 1. The maximum Gasteiger partial charge on any atom is 0.225 e. The lowest BCUT2D eigenvalue weighted by atomic mass is 9.92. The summed E-state index contributed by atoms with van der Waals surface area (Å²) in [7, 11) is 3.28. The van der Waals surface area contributed by atoms with Gasteiger partial charge in [-0.2, -0.15) is 0 Å². The number of hydrogen-bond acceptors (Lipinski definition) is 3. The summed E-state index contributed by atoms with van der Waals surface area (Å²) >= 11 is 0. The highest BCUT2D eigenvalue weighted by atomic mass is 19.1. The molecule has 1 aliphatic heterocycles. The molecule has 3 rings (SSSR count). The summed E-state index contributed by atoms with van der Waals surface area (Å²) in [5, 5.41) is 0. The van der Waals surface area contributed by atoms with Gasteiger partial charge in [0.2, 0.25) is 5.91 Å². The summed E-state index contributed by atoms with van der Waals surface area (Å²) < 4.78 is 24.2. The highest BCUT2D eigenvalue weighted by Gasteiger charge is 2.29. The fourth-order valence-corrected chi connectivity index (χ4v) is 4.35. The van der Waals surface area contributed by atoms with Crippen molar-refractivity contribution in [2.75, 3.05) is 20.8 Å². The number of piperidine rings is 1. The average Bonchev–Trinajstić information content (AvgIpc) is 2.77. The van der Waals surface area contributed by atoms with Crippen molar-refractivity contribution in [3.05, 3.63) is 59.4 Å². The molecule has 1 heterocycles. The molecular weight excluding hydrogens is 381 g/mol. The zero-order chi connectivity index (χ0) is 21.5. The number of carbonyl (C=O) groups excluding carboxylic acids is 1. The SMILES string of the molecule is COc1ccc(CCC2CCCCN2C(=O)C(C)Cc2cccc(F)c2)cc1OC. The number of amides is 1. The number of hydrogen-bond donors (Lipinski definition) is 0. The van der Waals surface area contributed by atoms with E-state index in [0.717, 1.165) is 55.7 Å². The zero-order valence-corrected chi connectivity index (χ0v) is 18.2. The minimum absolute atomic E-state index is 0.159. The van der Waals surface area contributed by atoms with Gasteiger partial charge < -0.3 is 14.4 Å². The predicted octanol–water partition coefficient (Wildman–Crippen LogP) is 5.04. The normalized spacial score (nSPS) is 17.5. The lowest BCUT2D eigenvalue weighted by Gasteiger charge is -2.37. The molecule has 1 aliphatic rings.